The predicted molar refractivity (Wildman–Crippen MR) is 74.3 cm³/mol. The molecule has 0 radical (unpaired) electrons. The SMILES string of the molecule is CCC1(CNC(C)CC2CCCCCN2)CC1. The maximum atomic E-state index is 3.76. The van der Waals surface area contributed by atoms with Gasteiger partial charge < -0.3 is 10.6 Å². The molecule has 17 heavy (non-hydrogen) atoms. The summed E-state index contributed by atoms with van der Waals surface area (Å²) in [7, 11) is 0. The Bertz CT molecular complexity index is 215. The number of hydrogen-bond acceptors (Lipinski definition) is 2. The van der Waals surface area contributed by atoms with Crippen LogP contribution in [0.15, 0.2) is 0 Å². The van der Waals surface area contributed by atoms with Crippen molar-refractivity contribution in [2.75, 3.05) is 13.1 Å². The van der Waals surface area contributed by atoms with Gasteiger partial charge in [-0.1, -0.05) is 19.8 Å². The second-order valence-corrected chi connectivity index (χ2v) is 6.37. The monoisotopic (exact) mass is 238 g/mol. The summed E-state index contributed by atoms with van der Waals surface area (Å²) in [4.78, 5) is 0. The van der Waals surface area contributed by atoms with Crippen molar-refractivity contribution in [1.82, 2.24) is 10.6 Å². The fraction of sp³-hybridized carbons (Fsp3) is 1.00. The van der Waals surface area contributed by atoms with Crippen LogP contribution in [0.4, 0.5) is 0 Å². The molecule has 0 bridgehead atoms. The molecule has 100 valence electrons. The molecule has 2 aliphatic rings. The Morgan fingerprint density at radius 3 is 2.82 bits per heavy atom. The minimum Gasteiger partial charge on any atom is -0.314 e. The minimum atomic E-state index is 0.676. The molecular weight excluding hydrogens is 208 g/mol. The quantitative estimate of drug-likeness (QED) is 0.743. The van der Waals surface area contributed by atoms with Gasteiger partial charge in [-0.05, 0) is 57.4 Å². The highest BCUT2D eigenvalue weighted by Gasteiger charge is 2.40. The van der Waals surface area contributed by atoms with Crippen molar-refractivity contribution in [2.45, 2.75) is 77.3 Å². The second-order valence-electron chi connectivity index (χ2n) is 6.37. The number of nitrogens with one attached hydrogen (secondary N) is 2. The van der Waals surface area contributed by atoms with Crippen LogP contribution < -0.4 is 10.6 Å². The summed E-state index contributed by atoms with van der Waals surface area (Å²) in [6.45, 7) is 7.18. The summed E-state index contributed by atoms with van der Waals surface area (Å²) in [6, 6.07) is 1.44. The predicted octanol–water partition coefficient (Wildman–Crippen LogP) is 3.08. The van der Waals surface area contributed by atoms with E-state index in [-0.39, 0.29) is 0 Å². The van der Waals surface area contributed by atoms with E-state index in [1.807, 2.05) is 0 Å². The Hall–Kier alpha value is -0.0800. The first-order valence-electron chi connectivity index (χ1n) is 7.71. The normalized spacial score (nSPS) is 29.6. The molecule has 2 N–H and O–H groups in total. The van der Waals surface area contributed by atoms with Crippen molar-refractivity contribution in [2.24, 2.45) is 5.41 Å². The molecule has 2 rings (SSSR count). The maximum absolute atomic E-state index is 3.76. The molecule has 0 aromatic heterocycles. The van der Waals surface area contributed by atoms with Gasteiger partial charge >= 0.3 is 0 Å². The molecule has 0 spiro atoms. The van der Waals surface area contributed by atoms with Crippen LogP contribution in [0.2, 0.25) is 0 Å². The first kappa shape index (κ1) is 13.4. The Labute approximate surface area is 107 Å². The summed E-state index contributed by atoms with van der Waals surface area (Å²) < 4.78 is 0. The van der Waals surface area contributed by atoms with E-state index in [0.717, 1.165) is 6.04 Å². The van der Waals surface area contributed by atoms with Crippen molar-refractivity contribution >= 4 is 0 Å². The van der Waals surface area contributed by atoms with Crippen LogP contribution in [0.25, 0.3) is 0 Å². The lowest BCUT2D eigenvalue weighted by atomic mass is 10.0. The molecule has 0 aromatic carbocycles. The molecule has 1 aliphatic heterocycles. The molecule has 1 heterocycles. The van der Waals surface area contributed by atoms with Crippen molar-refractivity contribution in [3.8, 4) is 0 Å². The lowest BCUT2D eigenvalue weighted by Crippen LogP contribution is -2.38. The van der Waals surface area contributed by atoms with Crippen LogP contribution in [0, 0.1) is 5.41 Å². The Kier molecular flexibility index (Phi) is 4.87. The average Bonchev–Trinajstić information content (AvgIpc) is 3.12. The van der Waals surface area contributed by atoms with E-state index in [2.05, 4.69) is 24.5 Å². The summed E-state index contributed by atoms with van der Waals surface area (Å²) in [5.41, 5.74) is 0.686. The largest absolute Gasteiger partial charge is 0.314 e. The van der Waals surface area contributed by atoms with Crippen LogP contribution in [-0.4, -0.2) is 25.2 Å². The third-order valence-electron chi connectivity index (χ3n) is 4.83. The van der Waals surface area contributed by atoms with Gasteiger partial charge in [0, 0.05) is 18.6 Å². The van der Waals surface area contributed by atoms with E-state index in [1.165, 1.54) is 64.5 Å². The van der Waals surface area contributed by atoms with Gasteiger partial charge in [0.25, 0.3) is 0 Å². The van der Waals surface area contributed by atoms with Crippen LogP contribution in [0.1, 0.15) is 65.2 Å². The zero-order valence-electron chi connectivity index (χ0n) is 11.7. The maximum Gasteiger partial charge on any atom is 0.00817 e. The van der Waals surface area contributed by atoms with E-state index in [4.69, 9.17) is 0 Å². The Balaban J connectivity index is 1.64. The van der Waals surface area contributed by atoms with Gasteiger partial charge in [0.15, 0.2) is 0 Å². The van der Waals surface area contributed by atoms with Gasteiger partial charge in [-0.3, -0.25) is 0 Å². The van der Waals surface area contributed by atoms with E-state index in [1.54, 1.807) is 0 Å². The highest BCUT2D eigenvalue weighted by atomic mass is 15.0. The summed E-state index contributed by atoms with van der Waals surface area (Å²) in [6.07, 6.45) is 11.2. The van der Waals surface area contributed by atoms with Crippen molar-refractivity contribution < 1.29 is 0 Å². The number of hydrogen-bond donors (Lipinski definition) is 2. The van der Waals surface area contributed by atoms with E-state index in [9.17, 15) is 0 Å². The van der Waals surface area contributed by atoms with Crippen molar-refractivity contribution in [3.05, 3.63) is 0 Å². The molecular formula is C15H30N2. The first-order valence-corrected chi connectivity index (χ1v) is 7.71. The van der Waals surface area contributed by atoms with Crippen LogP contribution in [0.5, 0.6) is 0 Å². The summed E-state index contributed by atoms with van der Waals surface area (Å²) in [5.74, 6) is 0. The van der Waals surface area contributed by atoms with Crippen molar-refractivity contribution in [3.63, 3.8) is 0 Å². The smallest absolute Gasteiger partial charge is 0.00817 e. The molecule has 2 heteroatoms. The molecule has 1 saturated heterocycles. The Morgan fingerprint density at radius 1 is 1.29 bits per heavy atom. The van der Waals surface area contributed by atoms with E-state index in [0.29, 0.717) is 11.5 Å². The zero-order chi connectivity index (χ0) is 12.1. The van der Waals surface area contributed by atoms with Crippen LogP contribution in [0.3, 0.4) is 0 Å². The molecule has 2 atom stereocenters. The lowest BCUT2D eigenvalue weighted by Gasteiger charge is -2.23. The van der Waals surface area contributed by atoms with Gasteiger partial charge in [0.1, 0.15) is 0 Å². The average molecular weight is 238 g/mol. The topological polar surface area (TPSA) is 24.1 Å². The summed E-state index contributed by atoms with van der Waals surface area (Å²) in [5, 5.41) is 7.46. The third-order valence-corrected chi connectivity index (χ3v) is 4.83. The fourth-order valence-corrected chi connectivity index (χ4v) is 3.03. The van der Waals surface area contributed by atoms with Crippen LogP contribution in [-0.2, 0) is 0 Å². The molecule has 2 unspecified atom stereocenters. The van der Waals surface area contributed by atoms with Crippen molar-refractivity contribution in [1.29, 1.82) is 0 Å². The zero-order valence-corrected chi connectivity index (χ0v) is 11.7. The lowest BCUT2D eigenvalue weighted by molar-refractivity contribution is 0.362. The van der Waals surface area contributed by atoms with Gasteiger partial charge in [-0.25, -0.2) is 0 Å². The van der Waals surface area contributed by atoms with Crippen LogP contribution >= 0.6 is 0 Å². The standard InChI is InChI=1S/C15H30N2/c1-3-15(8-9-15)12-17-13(2)11-14-7-5-4-6-10-16-14/h13-14,16-17H,3-12H2,1-2H3. The summed E-state index contributed by atoms with van der Waals surface area (Å²) >= 11 is 0. The second kappa shape index (κ2) is 6.19. The molecule has 2 fully saturated rings. The highest BCUT2D eigenvalue weighted by Crippen LogP contribution is 2.47. The molecule has 0 amide bonds. The Morgan fingerprint density at radius 2 is 2.12 bits per heavy atom. The first-order chi connectivity index (χ1) is 8.24. The molecule has 2 nitrogen and oxygen atoms in total. The third kappa shape index (κ3) is 4.26. The molecule has 1 saturated carbocycles. The van der Waals surface area contributed by atoms with Gasteiger partial charge in [-0.2, -0.15) is 0 Å². The van der Waals surface area contributed by atoms with Gasteiger partial charge in [0.05, 0.1) is 0 Å². The van der Waals surface area contributed by atoms with Gasteiger partial charge in [-0.15, -0.1) is 0 Å². The molecule has 1 aliphatic carbocycles. The van der Waals surface area contributed by atoms with E-state index < -0.39 is 0 Å². The molecule has 0 aromatic rings. The van der Waals surface area contributed by atoms with E-state index >= 15 is 0 Å². The highest BCUT2D eigenvalue weighted by molar-refractivity contribution is 4.94. The fourth-order valence-electron chi connectivity index (χ4n) is 3.03. The minimum absolute atomic E-state index is 0.676. The van der Waals surface area contributed by atoms with Gasteiger partial charge in [0.2, 0.25) is 0 Å². The number of rotatable bonds is 6.